The van der Waals surface area contributed by atoms with E-state index in [4.69, 9.17) is 16.3 Å². The minimum Gasteiger partial charge on any atom is -0.491 e. The van der Waals surface area contributed by atoms with Gasteiger partial charge in [0.1, 0.15) is 5.75 Å². The number of likely N-dealkylation sites (tertiary alicyclic amines) is 1. The molecule has 0 aliphatic carbocycles. The Kier molecular flexibility index (Phi) is 5.95. The lowest BCUT2D eigenvalue weighted by Crippen LogP contribution is -2.40. The van der Waals surface area contributed by atoms with Crippen LogP contribution in [0.5, 0.6) is 5.75 Å². The molecule has 1 heterocycles. The average molecular weight is 310 g/mol. The Balaban J connectivity index is 1.92. The lowest BCUT2D eigenvalue weighted by molar-refractivity contribution is 0.141. The molecule has 1 aromatic carbocycles. The molecule has 1 fully saturated rings. The van der Waals surface area contributed by atoms with Crippen LogP contribution in [0.3, 0.4) is 0 Å². The Morgan fingerprint density at radius 2 is 1.71 bits per heavy atom. The second kappa shape index (κ2) is 7.51. The van der Waals surface area contributed by atoms with Gasteiger partial charge in [-0.25, -0.2) is 0 Å². The van der Waals surface area contributed by atoms with Gasteiger partial charge in [-0.1, -0.05) is 26.0 Å². The van der Waals surface area contributed by atoms with Gasteiger partial charge < -0.3 is 9.64 Å². The number of ether oxygens (including phenoxy) is 1. The summed E-state index contributed by atoms with van der Waals surface area (Å²) in [7, 11) is 0. The molecule has 3 unspecified atom stereocenters. The SMILES string of the molecule is CC1CC(C)CN(CC(Cl)c2ccc(OC(C)C)cc2)C1. The highest BCUT2D eigenvalue weighted by atomic mass is 35.5. The van der Waals surface area contributed by atoms with E-state index in [2.05, 4.69) is 30.9 Å². The lowest BCUT2D eigenvalue weighted by Gasteiger charge is -2.36. The molecule has 0 N–H and O–H groups in total. The van der Waals surface area contributed by atoms with Crippen LogP contribution in [0.2, 0.25) is 0 Å². The lowest BCUT2D eigenvalue weighted by atomic mass is 9.91. The van der Waals surface area contributed by atoms with Crippen LogP contribution in [-0.4, -0.2) is 30.6 Å². The van der Waals surface area contributed by atoms with Crippen LogP contribution >= 0.6 is 11.6 Å². The summed E-state index contributed by atoms with van der Waals surface area (Å²) in [6.07, 6.45) is 1.55. The van der Waals surface area contributed by atoms with E-state index < -0.39 is 0 Å². The van der Waals surface area contributed by atoms with Crippen molar-refractivity contribution in [2.45, 2.75) is 45.6 Å². The molecule has 0 radical (unpaired) electrons. The van der Waals surface area contributed by atoms with E-state index in [1.165, 1.54) is 25.1 Å². The molecule has 0 bridgehead atoms. The van der Waals surface area contributed by atoms with E-state index in [9.17, 15) is 0 Å². The third-order valence-corrected chi connectivity index (χ3v) is 4.37. The topological polar surface area (TPSA) is 12.5 Å². The molecule has 21 heavy (non-hydrogen) atoms. The molecular formula is C18H28ClNO. The molecule has 1 saturated heterocycles. The van der Waals surface area contributed by atoms with E-state index in [-0.39, 0.29) is 11.5 Å². The molecule has 0 aromatic heterocycles. The first-order chi connectivity index (χ1) is 9.94. The Hall–Kier alpha value is -0.730. The first-order valence-electron chi connectivity index (χ1n) is 8.07. The van der Waals surface area contributed by atoms with Crippen LogP contribution < -0.4 is 4.74 Å². The summed E-state index contributed by atoms with van der Waals surface area (Å²) in [6.45, 7) is 12.0. The Labute approximate surface area is 134 Å². The number of benzene rings is 1. The van der Waals surface area contributed by atoms with E-state index in [1.807, 2.05) is 26.0 Å². The highest BCUT2D eigenvalue weighted by Gasteiger charge is 2.23. The molecule has 3 atom stereocenters. The van der Waals surface area contributed by atoms with Gasteiger partial charge >= 0.3 is 0 Å². The van der Waals surface area contributed by atoms with E-state index in [0.29, 0.717) is 0 Å². The average Bonchev–Trinajstić information content (AvgIpc) is 2.37. The zero-order chi connectivity index (χ0) is 15.4. The standard InChI is InChI=1S/C18H28ClNO/c1-13(2)21-17-7-5-16(6-8-17)18(19)12-20-10-14(3)9-15(4)11-20/h5-8,13-15,18H,9-12H2,1-4H3. The number of halogens is 1. The number of nitrogens with zero attached hydrogens (tertiary/aromatic N) is 1. The number of rotatable bonds is 5. The smallest absolute Gasteiger partial charge is 0.119 e. The number of hydrogen-bond acceptors (Lipinski definition) is 2. The van der Waals surface area contributed by atoms with Crippen molar-refractivity contribution in [1.29, 1.82) is 0 Å². The van der Waals surface area contributed by atoms with E-state index >= 15 is 0 Å². The van der Waals surface area contributed by atoms with Gasteiger partial charge in [0.15, 0.2) is 0 Å². The van der Waals surface area contributed by atoms with Crippen molar-refractivity contribution in [2.24, 2.45) is 11.8 Å². The number of piperidine rings is 1. The summed E-state index contributed by atoms with van der Waals surface area (Å²) in [5, 5.41) is 0.0515. The molecule has 0 saturated carbocycles. The predicted octanol–water partition coefficient (Wildman–Crippen LogP) is 4.73. The predicted molar refractivity (Wildman–Crippen MR) is 90.2 cm³/mol. The van der Waals surface area contributed by atoms with Crippen molar-refractivity contribution in [3.8, 4) is 5.75 Å². The van der Waals surface area contributed by atoms with Crippen LogP contribution in [0.1, 0.15) is 45.1 Å². The van der Waals surface area contributed by atoms with Crippen LogP contribution in [0.25, 0.3) is 0 Å². The quantitative estimate of drug-likeness (QED) is 0.729. The van der Waals surface area contributed by atoms with Crippen LogP contribution in [0.4, 0.5) is 0 Å². The van der Waals surface area contributed by atoms with Crippen molar-refractivity contribution >= 4 is 11.6 Å². The van der Waals surface area contributed by atoms with Crippen molar-refractivity contribution < 1.29 is 4.74 Å². The summed E-state index contributed by atoms with van der Waals surface area (Å²) in [6, 6.07) is 8.22. The molecule has 1 aliphatic rings. The Bertz CT molecular complexity index is 421. The molecular weight excluding hydrogens is 282 g/mol. The van der Waals surface area contributed by atoms with Crippen molar-refractivity contribution in [3.05, 3.63) is 29.8 Å². The van der Waals surface area contributed by atoms with Gasteiger partial charge in [0.2, 0.25) is 0 Å². The Morgan fingerprint density at radius 1 is 1.14 bits per heavy atom. The van der Waals surface area contributed by atoms with Crippen molar-refractivity contribution in [1.82, 2.24) is 4.90 Å². The maximum Gasteiger partial charge on any atom is 0.119 e. The first kappa shape index (κ1) is 16.6. The fourth-order valence-corrected chi connectivity index (χ4v) is 3.64. The molecule has 118 valence electrons. The second-order valence-electron chi connectivity index (χ2n) is 6.87. The minimum atomic E-state index is 0.0515. The maximum atomic E-state index is 6.61. The van der Waals surface area contributed by atoms with Crippen molar-refractivity contribution in [2.75, 3.05) is 19.6 Å². The molecule has 2 nitrogen and oxygen atoms in total. The van der Waals surface area contributed by atoms with Gasteiger partial charge in [-0.15, -0.1) is 11.6 Å². The summed E-state index contributed by atoms with van der Waals surface area (Å²) < 4.78 is 5.67. The molecule has 0 spiro atoms. The van der Waals surface area contributed by atoms with Crippen LogP contribution in [0.15, 0.2) is 24.3 Å². The largest absolute Gasteiger partial charge is 0.491 e. The highest BCUT2D eigenvalue weighted by molar-refractivity contribution is 6.21. The third-order valence-electron chi connectivity index (χ3n) is 3.98. The number of hydrogen-bond donors (Lipinski definition) is 0. The molecule has 2 rings (SSSR count). The molecule has 1 aliphatic heterocycles. The highest BCUT2D eigenvalue weighted by Crippen LogP contribution is 2.28. The first-order valence-corrected chi connectivity index (χ1v) is 8.50. The second-order valence-corrected chi connectivity index (χ2v) is 7.39. The van der Waals surface area contributed by atoms with Gasteiger partial charge in [-0.2, -0.15) is 0 Å². The van der Waals surface area contributed by atoms with Gasteiger partial charge in [0, 0.05) is 19.6 Å². The summed E-state index contributed by atoms with van der Waals surface area (Å²) in [5.41, 5.74) is 1.18. The zero-order valence-electron chi connectivity index (χ0n) is 13.7. The summed E-state index contributed by atoms with van der Waals surface area (Å²) in [5.74, 6) is 2.47. The van der Waals surface area contributed by atoms with Gasteiger partial charge in [0.25, 0.3) is 0 Å². The normalized spacial score (nSPS) is 25.0. The minimum absolute atomic E-state index is 0.0515. The van der Waals surface area contributed by atoms with Crippen LogP contribution in [-0.2, 0) is 0 Å². The fourth-order valence-electron chi connectivity index (χ4n) is 3.30. The fraction of sp³-hybridized carbons (Fsp3) is 0.667. The monoisotopic (exact) mass is 309 g/mol. The maximum absolute atomic E-state index is 6.61. The van der Waals surface area contributed by atoms with Crippen LogP contribution in [0, 0.1) is 11.8 Å². The third kappa shape index (κ3) is 5.19. The Morgan fingerprint density at radius 3 is 2.24 bits per heavy atom. The van der Waals surface area contributed by atoms with E-state index in [1.54, 1.807) is 0 Å². The molecule has 0 amide bonds. The number of alkyl halides is 1. The zero-order valence-corrected chi connectivity index (χ0v) is 14.4. The van der Waals surface area contributed by atoms with Gasteiger partial charge in [-0.05, 0) is 49.8 Å². The van der Waals surface area contributed by atoms with Gasteiger partial charge in [-0.3, -0.25) is 0 Å². The molecule has 1 aromatic rings. The summed E-state index contributed by atoms with van der Waals surface area (Å²) >= 11 is 6.61. The van der Waals surface area contributed by atoms with E-state index in [0.717, 1.165) is 24.1 Å². The van der Waals surface area contributed by atoms with Crippen molar-refractivity contribution in [3.63, 3.8) is 0 Å². The van der Waals surface area contributed by atoms with Gasteiger partial charge in [0.05, 0.1) is 11.5 Å². The summed E-state index contributed by atoms with van der Waals surface area (Å²) in [4.78, 5) is 2.51. The molecule has 3 heteroatoms.